The van der Waals surface area contributed by atoms with Gasteiger partial charge in [-0.25, -0.2) is 0 Å². The van der Waals surface area contributed by atoms with Gasteiger partial charge in [0.05, 0.1) is 17.1 Å². The summed E-state index contributed by atoms with van der Waals surface area (Å²) in [5.41, 5.74) is -0.0745. The normalized spacial score (nSPS) is 23.1. The fourth-order valence-electron chi connectivity index (χ4n) is 2.78. The average Bonchev–Trinajstić information content (AvgIpc) is 2.50. The van der Waals surface area contributed by atoms with Crippen molar-refractivity contribution in [2.24, 2.45) is 0 Å². The number of ether oxygens (including phenoxy) is 1. The number of nitro groups is 1. The Hall–Kier alpha value is -1.12. The van der Waals surface area contributed by atoms with E-state index in [1.807, 2.05) is 18.7 Å². The van der Waals surface area contributed by atoms with Gasteiger partial charge in [0.25, 0.3) is 11.6 Å². The summed E-state index contributed by atoms with van der Waals surface area (Å²) >= 11 is 18.2. The number of nitro benzene ring substituents is 1. The molecular formula is C15H18Cl3N3O4. The highest BCUT2D eigenvalue weighted by atomic mass is 35.6. The van der Waals surface area contributed by atoms with Crippen LogP contribution < -0.4 is 5.32 Å². The summed E-state index contributed by atoms with van der Waals surface area (Å²) in [5.74, 6) is -0.563. The van der Waals surface area contributed by atoms with Crippen LogP contribution in [-0.4, -0.2) is 51.0 Å². The Morgan fingerprint density at radius 1 is 1.36 bits per heavy atom. The van der Waals surface area contributed by atoms with Crippen molar-refractivity contribution in [3.63, 3.8) is 0 Å². The standard InChI is InChI=1S/C15H18Cl3N3O4/c1-9-7-20(8-10(2)25-9)14(15(16,17)18)19-13(22)11-4-3-5-12(6-11)21(23)24/h3-6,9-10,14H,7-8H2,1-2H3,(H,19,22)/t9-,10-,14+/m1/s1. The highest BCUT2D eigenvalue weighted by Crippen LogP contribution is 2.33. The fourth-order valence-corrected chi connectivity index (χ4v) is 3.35. The molecule has 0 aromatic heterocycles. The second kappa shape index (κ2) is 8.05. The Bertz CT molecular complexity index is 643. The van der Waals surface area contributed by atoms with Crippen LogP contribution in [0.1, 0.15) is 24.2 Å². The van der Waals surface area contributed by atoms with E-state index < -0.39 is 20.8 Å². The summed E-state index contributed by atoms with van der Waals surface area (Å²) < 4.78 is 3.87. The molecule has 1 N–H and O–H groups in total. The highest BCUT2D eigenvalue weighted by molar-refractivity contribution is 6.68. The molecule has 2 rings (SSSR count). The van der Waals surface area contributed by atoms with E-state index in [0.29, 0.717) is 13.1 Å². The minimum Gasteiger partial charge on any atom is -0.373 e. The number of benzene rings is 1. The first-order valence-corrected chi connectivity index (χ1v) is 8.73. The van der Waals surface area contributed by atoms with Gasteiger partial charge in [-0.15, -0.1) is 0 Å². The van der Waals surface area contributed by atoms with Crippen LogP contribution in [0.3, 0.4) is 0 Å². The summed E-state index contributed by atoms with van der Waals surface area (Å²) in [6.07, 6.45) is -1.08. The molecule has 0 unspecified atom stereocenters. The second-order valence-corrected chi connectivity index (χ2v) is 8.31. The smallest absolute Gasteiger partial charge is 0.270 e. The Kier molecular flexibility index (Phi) is 6.51. The number of morpholine rings is 1. The molecule has 138 valence electrons. The number of alkyl halides is 3. The van der Waals surface area contributed by atoms with E-state index in [-0.39, 0.29) is 23.5 Å². The molecule has 0 spiro atoms. The predicted molar refractivity (Wildman–Crippen MR) is 96.2 cm³/mol. The highest BCUT2D eigenvalue weighted by Gasteiger charge is 2.41. The average molecular weight is 411 g/mol. The van der Waals surface area contributed by atoms with Crippen LogP contribution in [0.5, 0.6) is 0 Å². The minimum atomic E-state index is -1.78. The molecule has 1 amide bonds. The number of hydrogen-bond donors (Lipinski definition) is 1. The zero-order valence-electron chi connectivity index (χ0n) is 13.6. The fraction of sp³-hybridized carbons (Fsp3) is 0.533. The van der Waals surface area contributed by atoms with Crippen LogP contribution in [0.25, 0.3) is 0 Å². The first-order chi connectivity index (χ1) is 11.6. The van der Waals surface area contributed by atoms with Gasteiger partial charge in [0.1, 0.15) is 6.17 Å². The lowest BCUT2D eigenvalue weighted by Gasteiger charge is -2.42. The van der Waals surface area contributed by atoms with Crippen molar-refractivity contribution in [2.75, 3.05) is 13.1 Å². The van der Waals surface area contributed by atoms with Crippen LogP contribution in [0.4, 0.5) is 5.69 Å². The van der Waals surface area contributed by atoms with Gasteiger partial charge >= 0.3 is 0 Å². The second-order valence-electron chi connectivity index (χ2n) is 5.94. The van der Waals surface area contributed by atoms with Gasteiger partial charge in [-0.1, -0.05) is 40.9 Å². The Balaban J connectivity index is 2.21. The summed E-state index contributed by atoms with van der Waals surface area (Å²) in [6, 6.07) is 5.36. The molecular weight excluding hydrogens is 393 g/mol. The SMILES string of the molecule is C[C@@H]1CN([C@H](NC(=O)c2cccc([N+](=O)[O-])c2)C(Cl)(Cl)Cl)C[C@@H](C)O1. The Morgan fingerprint density at radius 2 is 1.96 bits per heavy atom. The molecule has 3 atom stereocenters. The molecule has 1 aliphatic rings. The molecule has 1 aliphatic heterocycles. The van der Waals surface area contributed by atoms with Crippen molar-refractivity contribution in [1.82, 2.24) is 10.2 Å². The maximum atomic E-state index is 12.5. The first kappa shape index (κ1) is 20.2. The Labute approximate surface area is 160 Å². The van der Waals surface area contributed by atoms with Crippen LogP contribution >= 0.6 is 34.8 Å². The number of carbonyl (C=O) groups excluding carboxylic acids is 1. The van der Waals surface area contributed by atoms with Gasteiger partial charge in [-0.2, -0.15) is 0 Å². The zero-order valence-corrected chi connectivity index (χ0v) is 15.9. The third kappa shape index (κ3) is 5.43. The third-order valence-corrected chi connectivity index (χ3v) is 4.33. The number of carbonyl (C=O) groups is 1. The molecule has 0 saturated carbocycles. The summed E-state index contributed by atoms with van der Waals surface area (Å²) in [4.78, 5) is 24.6. The Morgan fingerprint density at radius 3 is 2.48 bits per heavy atom. The van der Waals surface area contributed by atoms with E-state index in [0.717, 1.165) is 0 Å². The van der Waals surface area contributed by atoms with Gasteiger partial charge in [-0.3, -0.25) is 19.8 Å². The lowest BCUT2D eigenvalue weighted by Crippen LogP contribution is -2.60. The molecule has 0 bridgehead atoms. The van der Waals surface area contributed by atoms with Gasteiger partial charge < -0.3 is 10.1 Å². The quantitative estimate of drug-likeness (QED) is 0.468. The molecule has 1 heterocycles. The number of rotatable bonds is 4. The maximum absolute atomic E-state index is 12.5. The van der Waals surface area contributed by atoms with Crippen molar-refractivity contribution < 1.29 is 14.5 Å². The minimum absolute atomic E-state index is 0.0895. The van der Waals surface area contributed by atoms with Crippen LogP contribution in [0, 0.1) is 10.1 Å². The van der Waals surface area contributed by atoms with Crippen LogP contribution in [-0.2, 0) is 4.74 Å². The number of hydrogen-bond acceptors (Lipinski definition) is 5. The molecule has 0 aliphatic carbocycles. The molecule has 1 fully saturated rings. The van der Waals surface area contributed by atoms with E-state index >= 15 is 0 Å². The maximum Gasteiger partial charge on any atom is 0.270 e. The molecule has 1 aromatic carbocycles. The molecule has 1 saturated heterocycles. The van der Waals surface area contributed by atoms with Crippen molar-refractivity contribution in [1.29, 1.82) is 0 Å². The number of non-ortho nitro benzene ring substituents is 1. The van der Waals surface area contributed by atoms with E-state index in [2.05, 4.69) is 5.32 Å². The number of amides is 1. The van der Waals surface area contributed by atoms with Gasteiger partial charge in [0.2, 0.25) is 3.79 Å². The van der Waals surface area contributed by atoms with E-state index in [1.165, 1.54) is 24.3 Å². The van der Waals surface area contributed by atoms with Gasteiger partial charge in [0.15, 0.2) is 0 Å². The van der Waals surface area contributed by atoms with Gasteiger partial charge in [0, 0.05) is 30.8 Å². The van der Waals surface area contributed by atoms with Gasteiger partial charge in [-0.05, 0) is 19.9 Å². The van der Waals surface area contributed by atoms with E-state index in [9.17, 15) is 14.9 Å². The van der Waals surface area contributed by atoms with Crippen molar-refractivity contribution in [3.8, 4) is 0 Å². The van der Waals surface area contributed by atoms with Crippen molar-refractivity contribution in [3.05, 3.63) is 39.9 Å². The number of nitrogens with zero attached hydrogens (tertiary/aromatic N) is 2. The summed E-state index contributed by atoms with van der Waals surface area (Å²) in [5, 5.41) is 13.5. The van der Waals surface area contributed by atoms with Crippen LogP contribution in [0.2, 0.25) is 0 Å². The lowest BCUT2D eigenvalue weighted by atomic mass is 10.1. The first-order valence-electron chi connectivity index (χ1n) is 7.59. The molecule has 7 nitrogen and oxygen atoms in total. The van der Waals surface area contributed by atoms with E-state index in [4.69, 9.17) is 39.5 Å². The molecule has 10 heteroatoms. The number of nitrogens with one attached hydrogen (secondary N) is 1. The molecule has 0 radical (unpaired) electrons. The third-order valence-electron chi connectivity index (χ3n) is 3.71. The molecule has 1 aromatic rings. The predicted octanol–water partition coefficient (Wildman–Crippen LogP) is 3.13. The van der Waals surface area contributed by atoms with E-state index in [1.54, 1.807) is 0 Å². The summed E-state index contributed by atoms with van der Waals surface area (Å²) in [6.45, 7) is 4.72. The largest absolute Gasteiger partial charge is 0.373 e. The molecule has 25 heavy (non-hydrogen) atoms. The monoisotopic (exact) mass is 409 g/mol. The summed E-state index contributed by atoms with van der Waals surface area (Å²) in [7, 11) is 0. The van der Waals surface area contributed by atoms with Crippen molar-refractivity contribution in [2.45, 2.75) is 36.0 Å². The van der Waals surface area contributed by atoms with Crippen LogP contribution in [0.15, 0.2) is 24.3 Å². The number of halogens is 3. The zero-order chi connectivity index (χ0) is 18.8. The topological polar surface area (TPSA) is 84.7 Å². The lowest BCUT2D eigenvalue weighted by molar-refractivity contribution is -0.384. The van der Waals surface area contributed by atoms with Crippen molar-refractivity contribution >= 4 is 46.4 Å².